The topological polar surface area (TPSA) is 34.4 Å². The summed E-state index contributed by atoms with van der Waals surface area (Å²) in [5.74, 6) is 1.75. The SMILES string of the molecule is CC(C)(C)NCc1c(COCC2CC2)oc2ccccc12. The maximum atomic E-state index is 6.00. The van der Waals surface area contributed by atoms with Crippen molar-refractivity contribution in [2.24, 2.45) is 5.92 Å². The minimum absolute atomic E-state index is 0.0878. The average molecular weight is 287 g/mol. The quantitative estimate of drug-likeness (QED) is 0.862. The minimum Gasteiger partial charge on any atom is -0.458 e. The van der Waals surface area contributed by atoms with E-state index in [1.54, 1.807) is 0 Å². The van der Waals surface area contributed by atoms with Crippen molar-refractivity contribution in [3.8, 4) is 0 Å². The highest BCUT2D eigenvalue weighted by Gasteiger charge is 2.22. The number of hydrogen-bond acceptors (Lipinski definition) is 3. The molecule has 0 amide bonds. The van der Waals surface area contributed by atoms with Gasteiger partial charge in [0.2, 0.25) is 0 Å². The van der Waals surface area contributed by atoms with E-state index in [1.165, 1.54) is 23.8 Å². The molecule has 0 spiro atoms. The first-order valence-electron chi connectivity index (χ1n) is 7.85. The Kier molecular flexibility index (Phi) is 4.05. The molecule has 1 aliphatic carbocycles. The number of nitrogens with one attached hydrogen (secondary N) is 1. The third-order valence-corrected chi connectivity index (χ3v) is 3.86. The van der Waals surface area contributed by atoms with Crippen LogP contribution < -0.4 is 5.32 Å². The molecule has 3 nitrogen and oxygen atoms in total. The summed E-state index contributed by atoms with van der Waals surface area (Å²) >= 11 is 0. The molecule has 1 saturated carbocycles. The highest BCUT2D eigenvalue weighted by molar-refractivity contribution is 5.82. The van der Waals surface area contributed by atoms with Gasteiger partial charge >= 0.3 is 0 Å². The van der Waals surface area contributed by atoms with Crippen LogP contribution in [0.15, 0.2) is 28.7 Å². The summed E-state index contributed by atoms with van der Waals surface area (Å²) in [7, 11) is 0. The Morgan fingerprint density at radius 2 is 2.00 bits per heavy atom. The fraction of sp³-hybridized carbons (Fsp3) is 0.556. The Labute approximate surface area is 126 Å². The monoisotopic (exact) mass is 287 g/mol. The van der Waals surface area contributed by atoms with Crippen LogP contribution in [-0.4, -0.2) is 12.1 Å². The van der Waals surface area contributed by atoms with Crippen LogP contribution in [0.1, 0.15) is 44.9 Å². The van der Waals surface area contributed by atoms with Crippen molar-refractivity contribution in [2.75, 3.05) is 6.61 Å². The molecule has 0 radical (unpaired) electrons. The molecule has 1 heterocycles. The van der Waals surface area contributed by atoms with Crippen molar-refractivity contribution in [3.05, 3.63) is 35.6 Å². The number of rotatable bonds is 6. The van der Waals surface area contributed by atoms with Crippen LogP contribution >= 0.6 is 0 Å². The summed E-state index contributed by atoms with van der Waals surface area (Å²) in [5.41, 5.74) is 2.27. The normalized spacial score (nSPS) is 15.8. The molecular formula is C18H25NO2. The van der Waals surface area contributed by atoms with E-state index in [1.807, 2.05) is 12.1 Å². The summed E-state index contributed by atoms with van der Waals surface area (Å²) in [6.45, 7) is 8.79. The third-order valence-electron chi connectivity index (χ3n) is 3.86. The molecular weight excluding hydrogens is 262 g/mol. The van der Waals surface area contributed by atoms with Crippen LogP contribution in [-0.2, 0) is 17.9 Å². The molecule has 1 N–H and O–H groups in total. The average Bonchev–Trinajstić information content (AvgIpc) is 3.17. The van der Waals surface area contributed by atoms with Crippen LogP contribution in [0, 0.1) is 5.92 Å². The van der Waals surface area contributed by atoms with Gasteiger partial charge in [-0.25, -0.2) is 0 Å². The van der Waals surface area contributed by atoms with Gasteiger partial charge in [-0.05, 0) is 45.6 Å². The van der Waals surface area contributed by atoms with E-state index in [0.29, 0.717) is 6.61 Å². The molecule has 21 heavy (non-hydrogen) atoms. The van der Waals surface area contributed by atoms with Crippen LogP contribution in [0.2, 0.25) is 0 Å². The smallest absolute Gasteiger partial charge is 0.135 e. The van der Waals surface area contributed by atoms with E-state index in [-0.39, 0.29) is 5.54 Å². The lowest BCUT2D eigenvalue weighted by Gasteiger charge is -2.20. The maximum absolute atomic E-state index is 6.00. The number of furan rings is 1. The van der Waals surface area contributed by atoms with Gasteiger partial charge in [-0.3, -0.25) is 0 Å². The van der Waals surface area contributed by atoms with E-state index in [4.69, 9.17) is 9.15 Å². The lowest BCUT2D eigenvalue weighted by atomic mass is 10.1. The summed E-state index contributed by atoms with van der Waals surface area (Å²) in [6, 6.07) is 8.23. The van der Waals surface area contributed by atoms with Gasteiger partial charge in [0.1, 0.15) is 18.0 Å². The third kappa shape index (κ3) is 3.86. The molecule has 1 fully saturated rings. The standard InChI is InChI=1S/C18H25NO2/c1-18(2,3)19-10-15-14-6-4-5-7-16(14)21-17(15)12-20-11-13-8-9-13/h4-7,13,19H,8-12H2,1-3H3. The molecule has 0 aliphatic heterocycles. The number of benzene rings is 1. The van der Waals surface area contributed by atoms with E-state index in [2.05, 4.69) is 38.2 Å². The summed E-state index contributed by atoms with van der Waals surface area (Å²) in [5, 5.41) is 4.75. The number of ether oxygens (including phenoxy) is 1. The Bertz CT molecular complexity index is 605. The maximum Gasteiger partial charge on any atom is 0.135 e. The van der Waals surface area contributed by atoms with Gasteiger partial charge in [0.15, 0.2) is 0 Å². The zero-order valence-electron chi connectivity index (χ0n) is 13.2. The predicted octanol–water partition coefficient (Wildman–Crippen LogP) is 4.25. The Balaban J connectivity index is 1.78. The van der Waals surface area contributed by atoms with Crippen LogP contribution in [0.3, 0.4) is 0 Å². The molecule has 3 heteroatoms. The van der Waals surface area contributed by atoms with E-state index in [0.717, 1.165) is 30.4 Å². The zero-order valence-corrected chi connectivity index (χ0v) is 13.2. The van der Waals surface area contributed by atoms with Gasteiger partial charge in [0, 0.05) is 29.6 Å². The predicted molar refractivity (Wildman–Crippen MR) is 85.2 cm³/mol. The van der Waals surface area contributed by atoms with Gasteiger partial charge in [-0.1, -0.05) is 18.2 Å². The van der Waals surface area contributed by atoms with Crippen molar-refractivity contribution < 1.29 is 9.15 Å². The zero-order chi connectivity index (χ0) is 14.9. The largest absolute Gasteiger partial charge is 0.458 e. The molecule has 114 valence electrons. The van der Waals surface area contributed by atoms with Crippen LogP contribution in [0.25, 0.3) is 11.0 Å². The summed E-state index contributed by atoms with van der Waals surface area (Å²) < 4.78 is 11.8. The van der Waals surface area contributed by atoms with E-state index < -0.39 is 0 Å². The highest BCUT2D eigenvalue weighted by Crippen LogP contribution is 2.30. The second-order valence-electron chi connectivity index (χ2n) is 7.06. The molecule has 3 rings (SSSR count). The molecule has 2 aromatic rings. The molecule has 1 aliphatic rings. The fourth-order valence-electron chi connectivity index (χ4n) is 2.42. The second-order valence-corrected chi connectivity index (χ2v) is 7.06. The first-order chi connectivity index (χ1) is 10.0. The van der Waals surface area contributed by atoms with Gasteiger partial charge in [-0.2, -0.15) is 0 Å². The van der Waals surface area contributed by atoms with E-state index in [9.17, 15) is 0 Å². The van der Waals surface area contributed by atoms with Crippen LogP contribution in [0.4, 0.5) is 0 Å². The lowest BCUT2D eigenvalue weighted by Crippen LogP contribution is -2.35. The van der Waals surface area contributed by atoms with Crippen molar-refractivity contribution in [1.82, 2.24) is 5.32 Å². The lowest BCUT2D eigenvalue weighted by molar-refractivity contribution is 0.0975. The Morgan fingerprint density at radius 1 is 1.24 bits per heavy atom. The number of hydrogen-bond donors (Lipinski definition) is 1. The van der Waals surface area contributed by atoms with Crippen molar-refractivity contribution >= 4 is 11.0 Å². The molecule has 1 aromatic carbocycles. The fourth-order valence-corrected chi connectivity index (χ4v) is 2.42. The van der Waals surface area contributed by atoms with Gasteiger partial charge in [-0.15, -0.1) is 0 Å². The number of fused-ring (bicyclic) bond motifs is 1. The van der Waals surface area contributed by atoms with Crippen molar-refractivity contribution in [1.29, 1.82) is 0 Å². The Hall–Kier alpha value is -1.32. The molecule has 0 unspecified atom stereocenters. The first kappa shape index (κ1) is 14.6. The molecule has 1 aromatic heterocycles. The number of para-hydroxylation sites is 1. The summed E-state index contributed by atoms with van der Waals surface area (Å²) in [6.07, 6.45) is 2.64. The minimum atomic E-state index is 0.0878. The van der Waals surface area contributed by atoms with Crippen molar-refractivity contribution in [3.63, 3.8) is 0 Å². The molecule has 0 bridgehead atoms. The molecule has 0 saturated heterocycles. The van der Waals surface area contributed by atoms with Crippen LogP contribution in [0.5, 0.6) is 0 Å². The first-order valence-corrected chi connectivity index (χ1v) is 7.85. The van der Waals surface area contributed by atoms with E-state index >= 15 is 0 Å². The second kappa shape index (κ2) is 5.82. The molecule has 0 atom stereocenters. The van der Waals surface area contributed by atoms with Gasteiger partial charge < -0.3 is 14.5 Å². The van der Waals surface area contributed by atoms with Gasteiger partial charge in [0.25, 0.3) is 0 Å². The Morgan fingerprint density at radius 3 is 2.71 bits per heavy atom. The van der Waals surface area contributed by atoms with Crippen molar-refractivity contribution in [2.45, 2.75) is 52.3 Å². The van der Waals surface area contributed by atoms with Gasteiger partial charge in [0.05, 0.1) is 0 Å². The summed E-state index contributed by atoms with van der Waals surface area (Å²) in [4.78, 5) is 0. The highest BCUT2D eigenvalue weighted by atomic mass is 16.5.